The minimum absolute atomic E-state index is 0.232. The van der Waals surface area contributed by atoms with Gasteiger partial charge in [-0.15, -0.1) is 0 Å². The zero-order chi connectivity index (χ0) is 10.4. The molecule has 0 aliphatic heterocycles. The second-order valence-electron chi connectivity index (χ2n) is 3.70. The molecule has 0 saturated heterocycles. The molecule has 0 aliphatic carbocycles. The molecule has 1 aromatic rings. The van der Waals surface area contributed by atoms with Gasteiger partial charge in [0.1, 0.15) is 0 Å². The Morgan fingerprint density at radius 3 is 2.57 bits per heavy atom. The van der Waals surface area contributed by atoms with E-state index in [1.54, 1.807) is 12.4 Å². The maximum absolute atomic E-state index is 8.87. The van der Waals surface area contributed by atoms with Crippen molar-refractivity contribution < 1.29 is 5.11 Å². The molecule has 0 spiro atoms. The third-order valence-electron chi connectivity index (χ3n) is 2.29. The highest BCUT2D eigenvalue weighted by atomic mass is 16.3. The number of aliphatic hydroxyl groups excluding tert-OH is 1. The predicted molar refractivity (Wildman–Crippen MR) is 56.9 cm³/mol. The molecule has 0 aliphatic rings. The molecule has 1 aromatic heterocycles. The number of rotatable bonds is 5. The Hall–Kier alpha value is -0.930. The van der Waals surface area contributed by atoms with E-state index in [2.05, 4.69) is 17.2 Å². The van der Waals surface area contributed by atoms with Crippen LogP contribution in [0.5, 0.6) is 0 Å². The van der Waals surface area contributed by atoms with E-state index in [0.717, 1.165) is 6.54 Å². The van der Waals surface area contributed by atoms with Crippen LogP contribution in [-0.2, 0) is 0 Å². The van der Waals surface area contributed by atoms with Gasteiger partial charge < -0.3 is 10.4 Å². The summed E-state index contributed by atoms with van der Waals surface area (Å²) in [5.41, 5.74) is 1.23. The molecule has 0 amide bonds. The van der Waals surface area contributed by atoms with Crippen LogP contribution in [0, 0.1) is 5.92 Å². The first-order valence-corrected chi connectivity index (χ1v) is 4.98. The Kier molecular flexibility index (Phi) is 4.56. The molecule has 1 unspecified atom stereocenters. The number of hydrogen-bond donors (Lipinski definition) is 2. The highest BCUT2D eigenvalue weighted by Gasteiger charge is 2.05. The Morgan fingerprint density at radius 1 is 1.36 bits per heavy atom. The molecular weight excluding hydrogens is 176 g/mol. The fraction of sp³-hybridized carbons (Fsp3) is 0.545. The first kappa shape index (κ1) is 11.1. The van der Waals surface area contributed by atoms with Crippen molar-refractivity contribution in [2.24, 2.45) is 5.92 Å². The lowest BCUT2D eigenvalue weighted by Crippen LogP contribution is -2.26. The van der Waals surface area contributed by atoms with Crippen LogP contribution in [0.3, 0.4) is 0 Å². The maximum Gasteiger partial charge on any atom is 0.0468 e. The average molecular weight is 194 g/mol. The summed E-state index contributed by atoms with van der Waals surface area (Å²) >= 11 is 0. The summed E-state index contributed by atoms with van der Waals surface area (Å²) in [7, 11) is 0. The van der Waals surface area contributed by atoms with E-state index in [4.69, 9.17) is 5.11 Å². The first-order valence-electron chi connectivity index (χ1n) is 4.98. The summed E-state index contributed by atoms with van der Waals surface area (Å²) in [6.07, 6.45) is 3.59. The van der Waals surface area contributed by atoms with Crippen LogP contribution in [0.2, 0.25) is 0 Å². The summed E-state index contributed by atoms with van der Waals surface area (Å²) in [4.78, 5) is 3.97. The zero-order valence-electron chi connectivity index (χ0n) is 8.77. The van der Waals surface area contributed by atoms with Crippen molar-refractivity contribution in [2.45, 2.75) is 19.9 Å². The number of nitrogens with zero attached hydrogens (tertiary/aromatic N) is 1. The van der Waals surface area contributed by atoms with Crippen LogP contribution in [0.1, 0.15) is 25.5 Å². The topological polar surface area (TPSA) is 45.1 Å². The van der Waals surface area contributed by atoms with Gasteiger partial charge in [-0.2, -0.15) is 0 Å². The normalized spacial score (nSPS) is 15.1. The lowest BCUT2D eigenvalue weighted by atomic mass is 10.1. The standard InChI is InChI=1S/C11H18N2O/c1-9(8-14)7-13-10(2)11-3-5-12-6-4-11/h3-6,9-10,13-14H,7-8H2,1-2H3/t9?,10-/m1/s1. The van der Waals surface area contributed by atoms with Gasteiger partial charge in [-0.1, -0.05) is 6.92 Å². The number of nitrogens with one attached hydrogen (secondary N) is 1. The van der Waals surface area contributed by atoms with Crippen molar-refractivity contribution in [1.82, 2.24) is 10.3 Å². The second-order valence-corrected chi connectivity index (χ2v) is 3.70. The molecule has 0 aromatic carbocycles. The largest absolute Gasteiger partial charge is 0.396 e. The Bertz CT molecular complexity index is 251. The van der Waals surface area contributed by atoms with Crippen LogP contribution in [0.25, 0.3) is 0 Å². The third kappa shape index (κ3) is 3.44. The van der Waals surface area contributed by atoms with Crippen molar-refractivity contribution in [1.29, 1.82) is 0 Å². The predicted octanol–water partition coefficient (Wildman–Crippen LogP) is 1.36. The fourth-order valence-corrected chi connectivity index (χ4v) is 1.21. The minimum Gasteiger partial charge on any atom is -0.396 e. The number of aliphatic hydroxyl groups is 1. The van der Waals surface area contributed by atoms with E-state index in [1.165, 1.54) is 5.56 Å². The number of aromatic nitrogens is 1. The quantitative estimate of drug-likeness (QED) is 0.744. The van der Waals surface area contributed by atoms with Crippen LogP contribution >= 0.6 is 0 Å². The smallest absolute Gasteiger partial charge is 0.0468 e. The van der Waals surface area contributed by atoms with Crippen LogP contribution in [-0.4, -0.2) is 23.2 Å². The monoisotopic (exact) mass is 194 g/mol. The van der Waals surface area contributed by atoms with Crippen molar-refractivity contribution in [3.63, 3.8) is 0 Å². The lowest BCUT2D eigenvalue weighted by molar-refractivity contribution is 0.231. The Labute approximate surface area is 85.2 Å². The van der Waals surface area contributed by atoms with Gasteiger partial charge in [0.05, 0.1) is 0 Å². The summed E-state index contributed by atoms with van der Waals surface area (Å²) in [6.45, 7) is 5.20. The van der Waals surface area contributed by atoms with Gasteiger partial charge in [-0.05, 0) is 30.5 Å². The van der Waals surface area contributed by atoms with E-state index in [1.807, 2.05) is 19.1 Å². The molecular formula is C11H18N2O. The van der Waals surface area contributed by atoms with Gasteiger partial charge in [-0.3, -0.25) is 4.98 Å². The van der Waals surface area contributed by atoms with Crippen molar-refractivity contribution >= 4 is 0 Å². The molecule has 2 atom stereocenters. The second kappa shape index (κ2) is 5.73. The molecule has 2 N–H and O–H groups in total. The fourth-order valence-electron chi connectivity index (χ4n) is 1.21. The van der Waals surface area contributed by atoms with E-state index in [-0.39, 0.29) is 6.61 Å². The first-order chi connectivity index (χ1) is 6.74. The lowest BCUT2D eigenvalue weighted by Gasteiger charge is -2.16. The Balaban J connectivity index is 2.39. The Morgan fingerprint density at radius 2 is 2.00 bits per heavy atom. The van der Waals surface area contributed by atoms with Gasteiger partial charge in [0.15, 0.2) is 0 Å². The molecule has 0 bridgehead atoms. The molecule has 1 heterocycles. The molecule has 0 fully saturated rings. The zero-order valence-corrected chi connectivity index (χ0v) is 8.77. The minimum atomic E-state index is 0.232. The summed E-state index contributed by atoms with van der Waals surface area (Å²) in [6, 6.07) is 4.31. The molecule has 3 nitrogen and oxygen atoms in total. The van der Waals surface area contributed by atoms with Gasteiger partial charge in [0.25, 0.3) is 0 Å². The molecule has 0 saturated carbocycles. The average Bonchev–Trinajstić information content (AvgIpc) is 2.26. The van der Waals surface area contributed by atoms with E-state index in [9.17, 15) is 0 Å². The summed E-state index contributed by atoms with van der Waals surface area (Å²) in [5, 5.41) is 12.2. The van der Waals surface area contributed by atoms with Gasteiger partial charge in [0, 0.05) is 31.6 Å². The van der Waals surface area contributed by atoms with Gasteiger partial charge in [0.2, 0.25) is 0 Å². The summed E-state index contributed by atoms with van der Waals surface area (Å²) in [5.74, 6) is 0.305. The van der Waals surface area contributed by atoms with Gasteiger partial charge >= 0.3 is 0 Å². The SMILES string of the molecule is CC(CO)CN[C@H](C)c1ccncc1. The molecule has 0 radical (unpaired) electrons. The van der Waals surface area contributed by atoms with Crippen LogP contribution in [0.4, 0.5) is 0 Å². The molecule has 3 heteroatoms. The van der Waals surface area contributed by atoms with Crippen molar-refractivity contribution in [3.8, 4) is 0 Å². The highest BCUT2D eigenvalue weighted by Crippen LogP contribution is 2.10. The maximum atomic E-state index is 8.87. The molecule has 1 rings (SSSR count). The highest BCUT2D eigenvalue weighted by molar-refractivity contribution is 5.13. The molecule has 14 heavy (non-hydrogen) atoms. The van der Waals surface area contributed by atoms with E-state index in [0.29, 0.717) is 12.0 Å². The van der Waals surface area contributed by atoms with Crippen molar-refractivity contribution in [2.75, 3.05) is 13.2 Å². The van der Waals surface area contributed by atoms with Gasteiger partial charge in [-0.25, -0.2) is 0 Å². The van der Waals surface area contributed by atoms with E-state index < -0.39 is 0 Å². The van der Waals surface area contributed by atoms with E-state index >= 15 is 0 Å². The third-order valence-corrected chi connectivity index (χ3v) is 2.29. The summed E-state index contributed by atoms with van der Waals surface area (Å²) < 4.78 is 0. The number of hydrogen-bond acceptors (Lipinski definition) is 3. The molecule has 78 valence electrons. The number of pyridine rings is 1. The van der Waals surface area contributed by atoms with Crippen molar-refractivity contribution in [3.05, 3.63) is 30.1 Å². The van der Waals surface area contributed by atoms with Crippen LogP contribution < -0.4 is 5.32 Å². The van der Waals surface area contributed by atoms with Crippen LogP contribution in [0.15, 0.2) is 24.5 Å².